The number of rotatable bonds is 4. The molecule has 116 valence electrons. The number of hydrogen-bond donors (Lipinski definition) is 1. The van der Waals surface area contributed by atoms with Gasteiger partial charge in [-0.15, -0.1) is 0 Å². The van der Waals surface area contributed by atoms with Gasteiger partial charge in [0.25, 0.3) is 0 Å². The van der Waals surface area contributed by atoms with Gasteiger partial charge in [0.15, 0.2) is 0 Å². The number of likely N-dealkylation sites (tertiary alicyclic amines) is 1. The first kappa shape index (κ1) is 14.8. The second kappa shape index (κ2) is 6.32. The Bertz CT molecular complexity index is 622. The van der Waals surface area contributed by atoms with Crippen LogP contribution in [0.3, 0.4) is 0 Å². The molecular weight excluding hydrogens is 278 g/mol. The number of hydrogen-bond acceptors (Lipinski definition) is 3. The van der Waals surface area contributed by atoms with E-state index in [0.717, 1.165) is 31.6 Å². The number of carbonyl (C=O) groups is 1. The van der Waals surface area contributed by atoms with Crippen molar-refractivity contribution in [2.75, 3.05) is 6.54 Å². The van der Waals surface area contributed by atoms with Crippen LogP contribution in [0.2, 0.25) is 0 Å². The average molecular weight is 299 g/mol. The van der Waals surface area contributed by atoms with Gasteiger partial charge in [-0.2, -0.15) is 5.10 Å². The third kappa shape index (κ3) is 3.04. The highest BCUT2D eigenvalue weighted by atomic mass is 16.4. The van der Waals surface area contributed by atoms with E-state index in [1.165, 1.54) is 5.56 Å². The molecule has 3 rings (SSSR count). The molecule has 0 spiro atoms. The van der Waals surface area contributed by atoms with Gasteiger partial charge in [-0.25, -0.2) is 4.68 Å². The number of carboxylic acids is 1. The van der Waals surface area contributed by atoms with Crippen LogP contribution < -0.4 is 0 Å². The Morgan fingerprint density at radius 3 is 2.77 bits per heavy atom. The predicted molar refractivity (Wildman–Crippen MR) is 83.8 cm³/mol. The van der Waals surface area contributed by atoms with Gasteiger partial charge in [-0.3, -0.25) is 9.69 Å². The number of nitrogens with zero attached hydrogens (tertiary/aromatic N) is 3. The van der Waals surface area contributed by atoms with Crippen LogP contribution in [0.15, 0.2) is 42.7 Å². The van der Waals surface area contributed by atoms with Crippen LogP contribution in [0.1, 0.15) is 25.3 Å². The maximum Gasteiger partial charge on any atom is 0.308 e. The van der Waals surface area contributed by atoms with Crippen molar-refractivity contribution in [3.63, 3.8) is 0 Å². The summed E-state index contributed by atoms with van der Waals surface area (Å²) in [4.78, 5) is 13.6. The zero-order chi connectivity index (χ0) is 15.5. The second-order valence-corrected chi connectivity index (χ2v) is 5.92. The third-order valence-corrected chi connectivity index (χ3v) is 4.53. The van der Waals surface area contributed by atoms with Crippen LogP contribution in [-0.4, -0.2) is 38.3 Å². The molecule has 1 aliphatic heterocycles. The summed E-state index contributed by atoms with van der Waals surface area (Å²) in [7, 11) is 0. The fraction of sp³-hybridized carbons (Fsp3) is 0.412. The molecule has 1 saturated heterocycles. The number of piperidine rings is 1. The summed E-state index contributed by atoms with van der Waals surface area (Å²) in [6, 6.07) is 10.3. The topological polar surface area (TPSA) is 58.4 Å². The quantitative estimate of drug-likeness (QED) is 0.942. The first-order valence-electron chi connectivity index (χ1n) is 7.71. The van der Waals surface area contributed by atoms with E-state index in [2.05, 4.69) is 22.1 Å². The van der Waals surface area contributed by atoms with Crippen molar-refractivity contribution < 1.29 is 9.90 Å². The summed E-state index contributed by atoms with van der Waals surface area (Å²) in [5, 5.41) is 13.5. The fourth-order valence-corrected chi connectivity index (χ4v) is 3.18. The standard InChI is InChI=1S/C17H21N3O2/c1-13-16(17(21)22)4-2-10-19(13)12-14-5-7-15(8-6-14)20-11-3-9-18-20/h3,5-9,11,13,16H,2,4,10,12H2,1H3,(H,21,22)/t13-,16-/m1/s1. The molecule has 0 amide bonds. The maximum atomic E-state index is 11.3. The van der Waals surface area contributed by atoms with Gasteiger partial charge >= 0.3 is 5.97 Å². The molecule has 5 nitrogen and oxygen atoms in total. The molecule has 1 aromatic heterocycles. The fourth-order valence-electron chi connectivity index (χ4n) is 3.18. The minimum absolute atomic E-state index is 0.0806. The zero-order valence-electron chi connectivity index (χ0n) is 12.7. The highest BCUT2D eigenvalue weighted by molar-refractivity contribution is 5.71. The van der Waals surface area contributed by atoms with Gasteiger partial charge in [-0.05, 0) is 50.1 Å². The largest absolute Gasteiger partial charge is 0.481 e. The lowest BCUT2D eigenvalue weighted by molar-refractivity contribution is -0.145. The molecule has 5 heteroatoms. The molecule has 0 bridgehead atoms. The SMILES string of the molecule is C[C@@H]1[C@H](C(=O)O)CCCN1Cc1ccc(-n2cccn2)cc1. The van der Waals surface area contributed by atoms with Crippen LogP contribution >= 0.6 is 0 Å². The van der Waals surface area contributed by atoms with Crippen molar-refractivity contribution in [1.29, 1.82) is 0 Å². The van der Waals surface area contributed by atoms with Crippen LogP contribution in [0.5, 0.6) is 0 Å². The van der Waals surface area contributed by atoms with E-state index in [1.54, 1.807) is 6.20 Å². The van der Waals surface area contributed by atoms with E-state index >= 15 is 0 Å². The first-order valence-corrected chi connectivity index (χ1v) is 7.71. The molecule has 1 aromatic carbocycles. The van der Waals surface area contributed by atoms with Crippen molar-refractivity contribution in [3.05, 3.63) is 48.3 Å². The first-order chi connectivity index (χ1) is 10.6. The number of aromatic nitrogens is 2. The molecular formula is C17H21N3O2. The zero-order valence-corrected chi connectivity index (χ0v) is 12.7. The number of aliphatic carboxylic acids is 1. The van der Waals surface area contributed by atoms with E-state index < -0.39 is 5.97 Å². The summed E-state index contributed by atoms with van der Waals surface area (Å²) in [5.41, 5.74) is 2.23. The van der Waals surface area contributed by atoms with E-state index in [1.807, 2.05) is 36.0 Å². The van der Waals surface area contributed by atoms with Crippen molar-refractivity contribution in [2.24, 2.45) is 5.92 Å². The van der Waals surface area contributed by atoms with Crippen LogP contribution in [0.25, 0.3) is 5.69 Å². The lowest BCUT2D eigenvalue weighted by Gasteiger charge is -2.37. The van der Waals surface area contributed by atoms with Gasteiger partial charge in [0, 0.05) is 25.0 Å². The van der Waals surface area contributed by atoms with Crippen LogP contribution in [-0.2, 0) is 11.3 Å². The third-order valence-electron chi connectivity index (χ3n) is 4.53. The second-order valence-electron chi connectivity index (χ2n) is 5.92. The summed E-state index contributed by atoms with van der Waals surface area (Å²) < 4.78 is 1.83. The predicted octanol–water partition coefficient (Wildman–Crippen LogP) is 2.56. The Kier molecular flexibility index (Phi) is 4.24. The summed E-state index contributed by atoms with van der Waals surface area (Å²) >= 11 is 0. The molecule has 0 unspecified atom stereocenters. The summed E-state index contributed by atoms with van der Waals surface area (Å²) in [6.45, 7) is 3.78. The molecule has 0 radical (unpaired) electrons. The van der Waals surface area contributed by atoms with Crippen LogP contribution in [0.4, 0.5) is 0 Å². The highest BCUT2D eigenvalue weighted by Crippen LogP contribution is 2.25. The lowest BCUT2D eigenvalue weighted by atomic mass is 9.90. The highest BCUT2D eigenvalue weighted by Gasteiger charge is 2.32. The van der Waals surface area contributed by atoms with Crippen molar-refractivity contribution in [2.45, 2.75) is 32.4 Å². The lowest BCUT2D eigenvalue weighted by Crippen LogP contribution is -2.45. The van der Waals surface area contributed by atoms with Gasteiger partial charge < -0.3 is 5.11 Å². The minimum Gasteiger partial charge on any atom is -0.481 e. The van der Waals surface area contributed by atoms with E-state index in [-0.39, 0.29) is 12.0 Å². The van der Waals surface area contributed by atoms with E-state index in [9.17, 15) is 9.90 Å². The normalized spacial score (nSPS) is 22.6. The Balaban J connectivity index is 1.69. The molecule has 2 atom stereocenters. The Labute approximate surface area is 130 Å². The summed E-state index contributed by atoms with van der Waals surface area (Å²) in [6.07, 6.45) is 5.41. The van der Waals surface area contributed by atoms with Gasteiger partial charge in [0.05, 0.1) is 11.6 Å². The Morgan fingerprint density at radius 2 is 2.14 bits per heavy atom. The molecule has 22 heavy (non-hydrogen) atoms. The Morgan fingerprint density at radius 1 is 1.36 bits per heavy atom. The summed E-state index contributed by atoms with van der Waals surface area (Å²) in [5.74, 6) is -0.927. The molecule has 2 heterocycles. The van der Waals surface area contributed by atoms with Gasteiger partial charge in [-0.1, -0.05) is 12.1 Å². The van der Waals surface area contributed by atoms with Crippen molar-refractivity contribution in [3.8, 4) is 5.69 Å². The maximum absolute atomic E-state index is 11.3. The molecule has 0 aliphatic carbocycles. The van der Waals surface area contributed by atoms with Crippen molar-refractivity contribution >= 4 is 5.97 Å². The molecule has 1 N–H and O–H groups in total. The Hall–Kier alpha value is -2.14. The molecule has 1 fully saturated rings. The van der Waals surface area contributed by atoms with Gasteiger partial charge in [0.1, 0.15) is 0 Å². The molecule has 0 saturated carbocycles. The minimum atomic E-state index is -0.675. The molecule has 2 aromatic rings. The monoisotopic (exact) mass is 299 g/mol. The van der Waals surface area contributed by atoms with E-state index in [0.29, 0.717) is 0 Å². The number of carboxylic acid groups (broad SMARTS) is 1. The van der Waals surface area contributed by atoms with Crippen LogP contribution in [0, 0.1) is 5.92 Å². The molecule has 1 aliphatic rings. The number of benzene rings is 1. The van der Waals surface area contributed by atoms with Gasteiger partial charge in [0.2, 0.25) is 0 Å². The average Bonchev–Trinajstić information content (AvgIpc) is 3.04. The van der Waals surface area contributed by atoms with Crippen molar-refractivity contribution in [1.82, 2.24) is 14.7 Å². The van der Waals surface area contributed by atoms with E-state index in [4.69, 9.17) is 0 Å². The smallest absolute Gasteiger partial charge is 0.308 e.